The molecule has 0 bridgehead atoms. The lowest BCUT2D eigenvalue weighted by Crippen LogP contribution is -2.52. The second-order valence-electron chi connectivity index (χ2n) is 6.53. The molecule has 1 aromatic heterocycles. The minimum atomic E-state index is -0.175. The Labute approximate surface area is 141 Å². The van der Waals surface area contributed by atoms with E-state index in [1.807, 2.05) is 24.3 Å². The normalized spacial score (nSPS) is 25.0. The Hall–Kier alpha value is -2.05. The van der Waals surface area contributed by atoms with Crippen LogP contribution in [-0.2, 0) is 4.74 Å². The van der Waals surface area contributed by atoms with Crippen LogP contribution >= 0.6 is 0 Å². The highest BCUT2D eigenvalue weighted by Gasteiger charge is 2.34. The van der Waals surface area contributed by atoms with Gasteiger partial charge in [-0.1, -0.05) is 18.6 Å². The van der Waals surface area contributed by atoms with Gasteiger partial charge in [0.1, 0.15) is 5.69 Å². The number of para-hydroxylation sites is 2. The first kappa shape index (κ1) is 15.5. The number of fused-ring (bicyclic) bond motifs is 1. The highest BCUT2D eigenvalue weighted by molar-refractivity contribution is 5.94. The van der Waals surface area contributed by atoms with Gasteiger partial charge < -0.3 is 10.1 Å². The summed E-state index contributed by atoms with van der Waals surface area (Å²) in [6.07, 6.45) is 5.30. The standard InChI is InChI=1S/C18H22N4O2/c23-18(15-10-19-13-6-2-3-7-14(13)20-15)21-16-11-24-12-17(16)22-8-4-1-5-9-22/h2-3,6-7,10,16-17H,1,4-5,8-9,11-12H2,(H,21,23)/t16-,17-/m1/s1. The van der Waals surface area contributed by atoms with Gasteiger partial charge >= 0.3 is 0 Å². The number of likely N-dealkylation sites (tertiary alicyclic amines) is 1. The molecule has 0 aliphatic carbocycles. The summed E-state index contributed by atoms with van der Waals surface area (Å²) in [4.78, 5) is 23.8. The van der Waals surface area contributed by atoms with Gasteiger partial charge in [-0.05, 0) is 38.1 Å². The lowest BCUT2D eigenvalue weighted by atomic mass is 10.0. The monoisotopic (exact) mass is 326 g/mol. The van der Waals surface area contributed by atoms with Gasteiger partial charge in [0.15, 0.2) is 0 Å². The van der Waals surface area contributed by atoms with Gasteiger partial charge in [0.25, 0.3) is 5.91 Å². The first-order chi connectivity index (χ1) is 11.8. The quantitative estimate of drug-likeness (QED) is 0.928. The summed E-state index contributed by atoms with van der Waals surface area (Å²) < 4.78 is 5.64. The Kier molecular flexibility index (Phi) is 4.40. The number of aromatic nitrogens is 2. The van der Waals surface area contributed by atoms with Crippen molar-refractivity contribution in [1.29, 1.82) is 0 Å². The number of hydrogen-bond acceptors (Lipinski definition) is 5. The fraction of sp³-hybridized carbons (Fsp3) is 0.500. The summed E-state index contributed by atoms with van der Waals surface area (Å²) in [5.41, 5.74) is 1.89. The fourth-order valence-corrected chi connectivity index (χ4v) is 3.60. The first-order valence-corrected chi connectivity index (χ1v) is 8.66. The summed E-state index contributed by atoms with van der Waals surface area (Å²) in [6.45, 7) is 3.44. The number of piperidine rings is 1. The van der Waals surface area contributed by atoms with Crippen LogP contribution in [-0.4, -0.2) is 59.2 Å². The van der Waals surface area contributed by atoms with Crippen molar-refractivity contribution in [3.8, 4) is 0 Å². The van der Waals surface area contributed by atoms with Crippen molar-refractivity contribution in [2.45, 2.75) is 31.3 Å². The molecule has 0 unspecified atom stereocenters. The zero-order valence-electron chi connectivity index (χ0n) is 13.6. The van der Waals surface area contributed by atoms with E-state index >= 15 is 0 Å². The van der Waals surface area contributed by atoms with Crippen molar-refractivity contribution in [3.63, 3.8) is 0 Å². The molecular weight excluding hydrogens is 304 g/mol. The Balaban J connectivity index is 1.47. The molecular formula is C18H22N4O2. The molecule has 1 aromatic carbocycles. The maximum atomic E-state index is 12.6. The van der Waals surface area contributed by atoms with Gasteiger partial charge in [0.05, 0.1) is 42.5 Å². The molecule has 1 N–H and O–H groups in total. The van der Waals surface area contributed by atoms with Gasteiger partial charge in [0, 0.05) is 0 Å². The van der Waals surface area contributed by atoms with Crippen molar-refractivity contribution in [1.82, 2.24) is 20.2 Å². The van der Waals surface area contributed by atoms with Gasteiger partial charge in [-0.2, -0.15) is 0 Å². The number of nitrogens with one attached hydrogen (secondary N) is 1. The second kappa shape index (κ2) is 6.83. The molecule has 2 atom stereocenters. The molecule has 0 radical (unpaired) electrons. The number of hydrogen-bond donors (Lipinski definition) is 1. The topological polar surface area (TPSA) is 67.3 Å². The summed E-state index contributed by atoms with van der Waals surface area (Å²) in [5, 5.41) is 3.10. The van der Waals surface area contributed by atoms with Crippen molar-refractivity contribution in [3.05, 3.63) is 36.2 Å². The number of rotatable bonds is 3. The van der Waals surface area contributed by atoms with E-state index in [0.717, 1.165) is 24.1 Å². The maximum Gasteiger partial charge on any atom is 0.271 e. The van der Waals surface area contributed by atoms with Crippen molar-refractivity contribution >= 4 is 16.9 Å². The van der Waals surface area contributed by atoms with Crippen LogP contribution in [0.15, 0.2) is 30.5 Å². The number of amides is 1. The first-order valence-electron chi connectivity index (χ1n) is 8.66. The van der Waals surface area contributed by atoms with Crippen LogP contribution in [0.3, 0.4) is 0 Å². The molecule has 6 nitrogen and oxygen atoms in total. The molecule has 0 spiro atoms. The summed E-state index contributed by atoms with van der Waals surface area (Å²) in [7, 11) is 0. The van der Waals surface area contributed by atoms with Crippen LogP contribution in [0, 0.1) is 0 Å². The average Bonchev–Trinajstić information content (AvgIpc) is 3.10. The third kappa shape index (κ3) is 3.12. The van der Waals surface area contributed by atoms with Crippen molar-refractivity contribution < 1.29 is 9.53 Å². The Morgan fingerprint density at radius 1 is 1.12 bits per heavy atom. The molecule has 2 aliphatic heterocycles. The summed E-state index contributed by atoms with van der Waals surface area (Å²) in [5.74, 6) is -0.175. The average molecular weight is 326 g/mol. The van der Waals surface area contributed by atoms with E-state index < -0.39 is 0 Å². The Bertz CT molecular complexity index is 730. The number of benzene rings is 1. The SMILES string of the molecule is O=C(N[C@@H]1COC[C@H]1N1CCCCC1)c1cnc2ccccc2n1. The van der Waals surface area contributed by atoms with Crippen molar-refractivity contribution in [2.75, 3.05) is 26.3 Å². The van der Waals surface area contributed by atoms with E-state index in [1.165, 1.54) is 19.3 Å². The van der Waals surface area contributed by atoms with Crippen LogP contribution < -0.4 is 5.32 Å². The highest BCUT2D eigenvalue weighted by atomic mass is 16.5. The van der Waals surface area contributed by atoms with E-state index in [4.69, 9.17) is 4.74 Å². The predicted molar refractivity (Wildman–Crippen MR) is 90.8 cm³/mol. The zero-order chi connectivity index (χ0) is 16.4. The molecule has 24 heavy (non-hydrogen) atoms. The molecule has 2 aromatic rings. The molecule has 2 aliphatic rings. The number of ether oxygens (including phenoxy) is 1. The summed E-state index contributed by atoms with van der Waals surface area (Å²) in [6, 6.07) is 7.85. The van der Waals surface area contributed by atoms with E-state index in [-0.39, 0.29) is 18.0 Å². The molecule has 126 valence electrons. The lowest BCUT2D eigenvalue weighted by Gasteiger charge is -2.34. The van der Waals surface area contributed by atoms with Crippen LogP contribution in [0.4, 0.5) is 0 Å². The minimum absolute atomic E-state index is 0.0175. The zero-order valence-corrected chi connectivity index (χ0v) is 13.6. The van der Waals surface area contributed by atoms with E-state index in [2.05, 4.69) is 20.2 Å². The lowest BCUT2D eigenvalue weighted by molar-refractivity contribution is 0.0895. The largest absolute Gasteiger partial charge is 0.378 e. The molecule has 0 saturated carbocycles. The van der Waals surface area contributed by atoms with Crippen LogP contribution in [0.25, 0.3) is 11.0 Å². The van der Waals surface area contributed by atoms with E-state index in [0.29, 0.717) is 18.9 Å². The molecule has 6 heteroatoms. The molecule has 2 saturated heterocycles. The fourth-order valence-electron chi connectivity index (χ4n) is 3.60. The van der Waals surface area contributed by atoms with Gasteiger partial charge in [0.2, 0.25) is 0 Å². The minimum Gasteiger partial charge on any atom is -0.378 e. The van der Waals surface area contributed by atoms with E-state index in [1.54, 1.807) is 6.20 Å². The molecule has 1 amide bonds. The Morgan fingerprint density at radius 2 is 1.92 bits per heavy atom. The van der Waals surface area contributed by atoms with Crippen LogP contribution in [0.5, 0.6) is 0 Å². The third-order valence-electron chi connectivity index (χ3n) is 4.91. The molecule has 2 fully saturated rings. The number of carbonyl (C=O) groups excluding carboxylic acids is 1. The third-order valence-corrected chi connectivity index (χ3v) is 4.91. The van der Waals surface area contributed by atoms with Gasteiger partial charge in [-0.3, -0.25) is 14.7 Å². The second-order valence-corrected chi connectivity index (χ2v) is 6.53. The number of nitrogens with zero attached hydrogens (tertiary/aromatic N) is 3. The van der Waals surface area contributed by atoms with Crippen LogP contribution in [0.2, 0.25) is 0 Å². The van der Waals surface area contributed by atoms with Gasteiger partial charge in [-0.25, -0.2) is 4.98 Å². The molecule has 3 heterocycles. The van der Waals surface area contributed by atoms with Gasteiger partial charge in [-0.15, -0.1) is 0 Å². The smallest absolute Gasteiger partial charge is 0.271 e. The van der Waals surface area contributed by atoms with Crippen LogP contribution in [0.1, 0.15) is 29.8 Å². The predicted octanol–water partition coefficient (Wildman–Crippen LogP) is 1.61. The highest BCUT2D eigenvalue weighted by Crippen LogP contribution is 2.19. The number of carbonyl (C=O) groups is 1. The van der Waals surface area contributed by atoms with E-state index in [9.17, 15) is 4.79 Å². The van der Waals surface area contributed by atoms with Crippen molar-refractivity contribution in [2.24, 2.45) is 0 Å². The maximum absolute atomic E-state index is 12.6. The Morgan fingerprint density at radius 3 is 2.75 bits per heavy atom. The summed E-state index contributed by atoms with van der Waals surface area (Å²) >= 11 is 0. The molecule has 4 rings (SSSR count).